The van der Waals surface area contributed by atoms with Crippen LogP contribution in [0, 0.1) is 0 Å². The number of nitrogens with zero attached hydrogens (tertiary/aromatic N) is 5. The average molecular weight is 475 g/mol. The topological polar surface area (TPSA) is 78.8 Å². The van der Waals surface area contributed by atoms with Gasteiger partial charge in [0.05, 0.1) is 19.3 Å². The van der Waals surface area contributed by atoms with E-state index in [2.05, 4.69) is 58.3 Å². The Kier molecular flexibility index (Phi) is 6.23. The summed E-state index contributed by atoms with van der Waals surface area (Å²) in [5.74, 6) is 1.73. The van der Waals surface area contributed by atoms with Crippen LogP contribution < -0.4 is 4.74 Å². The molecule has 8 heteroatoms. The molecule has 0 bridgehead atoms. The first-order valence-corrected chi connectivity index (χ1v) is 12.3. The molecule has 8 nitrogen and oxygen atoms in total. The van der Waals surface area contributed by atoms with Gasteiger partial charge in [0.2, 0.25) is 11.6 Å². The number of nitrogens with one attached hydrogen (secondary N) is 1. The normalized spacial score (nSPS) is 15.4. The number of hydrogen-bond acceptors (Lipinski definition) is 5. The number of fused-ring (bicyclic) bond motifs is 2. The molecule has 1 N–H and O–H groups in total. The summed E-state index contributed by atoms with van der Waals surface area (Å²) in [5.41, 5.74) is 6.71. The number of H-pyrrole nitrogens is 1. The number of rotatable bonds is 6. The lowest BCUT2D eigenvalue weighted by Gasteiger charge is -2.32. The van der Waals surface area contributed by atoms with Gasteiger partial charge in [0.25, 0.3) is 0 Å². The van der Waals surface area contributed by atoms with Crippen molar-refractivity contribution in [3.63, 3.8) is 0 Å². The highest BCUT2D eigenvalue weighted by atomic mass is 16.5. The summed E-state index contributed by atoms with van der Waals surface area (Å²) in [7, 11) is 5.31. The second-order valence-electron chi connectivity index (χ2n) is 10.1. The van der Waals surface area contributed by atoms with Crippen LogP contribution in [-0.4, -0.2) is 76.1 Å². The molecule has 0 spiro atoms. The van der Waals surface area contributed by atoms with E-state index in [0.717, 1.165) is 42.7 Å². The lowest BCUT2D eigenvalue weighted by molar-refractivity contribution is -0.130. The van der Waals surface area contributed by atoms with Gasteiger partial charge in [0, 0.05) is 36.8 Å². The smallest absolute Gasteiger partial charge is 0.236 e. The summed E-state index contributed by atoms with van der Waals surface area (Å²) in [6.07, 6.45) is 5.90. The third-order valence-corrected chi connectivity index (χ3v) is 7.22. The zero-order chi connectivity index (χ0) is 24.7. The molecule has 0 atom stereocenters. The van der Waals surface area contributed by atoms with Crippen molar-refractivity contribution in [3.05, 3.63) is 47.9 Å². The molecular weight excluding hydrogens is 440 g/mol. The molecule has 1 amide bonds. The molecule has 0 saturated carbocycles. The van der Waals surface area contributed by atoms with E-state index in [4.69, 9.17) is 4.74 Å². The van der Waals surface area contributed by atoms with Crippen LogP contribution >= 0.6 is 0 Å². The second kappa shape index (κ2) is 9.34. The third-order valence-electron chi connectivity index (χ3n) is 7.22. The predicted octanol–water partition coefficient (Wildman–Crippen LogP) is 4.28. The van der Waals surface area contributed by atoms with Crippen LogP contribution in [-0.2, 0) is 4.79 Å². The standard InChI is InChI=1S/C27H34N6O2/c1-17(2)25-21-12-19(18-8-10-32(11-9-18)15-24(34)31(3)4)6-7-22(21)29-26(25)20-13-23(35-5)27-30-28-16-33(27)14-20/h6-7,12-14,16-18,29H,8-11,15H2,1-5H3. The van der Waals surface area contributed by atoms with Crippen molar-refractivity contribution >= 4 is 22.5 Å². The maximum Gasteiger partial charge on any atom is 0.236 e. The number of carbonyl (C=O) groups excluding carboxylic acids is 1. The van der Waals surface area contributed by atoms with Crippen LogP contribution in [0.1, 0.15) is 49.7 Å². The van der Waals surface area contributed by atoms with Crippen LogP contribution in [0.3, 0.4) is 0 Å². The van der Waals surface area contributed by atoms with Gasteiger partial charge >= 0.3 is 0 Å². The van der Waals surface area contributed by atoms with Crippen LogP contribution in [0.5, 0.6) is 5.75 Å². The van der Waals surface area contributed by atoms with E-state index >= 15 is 0 Å². The van der Waals surface area contributed by atoms with Crippen LogP contribution in [0.25, 0.3) is 27.8 Å². The van der Waals surface area contributed by atoms with Crippen molar-refractivity contribution in [1.29, 1.82) is 0 Å². The number of likely N-dealkylation sites (N-methyl/N-ethyl adjacent to an activating group) is 1. The first-order valence-electron chi connectivity index (χ1n) is 12.3. The number of pyridine rings is 1. The molecule has 184 valence electrons. The van der Waals surface area contributed by atoms with E-state index in [1.54, 1.807) is 18.3 Å². The Balaban J connectivity index is 1.47. The molecule has 5 rings (SSSR count). The summed E-state index contributed by atoms with van der Waals surface area (Å²) in [6, 6.07) is 8.90. The quantitative estimate of drug-likeness (QED) is 0.451. The van der Waals surface area contributed by atoms with Crippen molar-refractivity contribution in [3.8, 4) is 17.0 Å². The maximum atomic E-state index is 12.1. The Morgan fingerprint density at radius 3 is 2.69 bits per heavy atom. The zero-order valence-electron chi connectivity index (χ0n) is 21.2. The van der Waals surface area contributed by atoms with E-state index in [1.165, 1.54) is 16.5 Å². The molecule has 35 heavy (non-hydrogen) atoms. The molecular formula is C27H34N6O2. The Morgan fingerprint density at radius 2 is 2.00 bits per heavy atom. The van der Waals surface area contributed by atoms with Gasteiger partial charge in [-0.05, 0) is 67.1 Å². The number of carbonyl (C=O) groups is 1. The van der Waals surface area contributed by atoms with Gasteiger partial charge in [0.1, 0.15) is 6.33 Å². The Labute approximate surface area is 205 Å². The maximum absolute atomic E-state index is 12.1. The Bertz CT molecular complexity index is 1360. The van der Waals surface area contributed by atoms with Crippen molar-refractivity contribution in [1.82, 2.24) is 29.4 Å². The summed E-state index contributed by atoms with van der Waals surface area (Å²) in [4.78, 5) is 19.7. The molecule has 4 heterocycles. The highest BCUT2D eigenvalue weighted by Crippen LogP contribution is 2.39. The molecule has 0 unspecified atom stereocenters. The Hall–Kier alpha value is -3.39. The predicted molar refractivity (Wildman–Crippen MR) is 138 cm³/mol. The molecule has 4 aromatic rings. The monoisotopic (exact) mass is 474 g/mol. The van der Waals surface area contributed by atoms with Gasteiger partial charge in [-0.1, -0.05) is 19.9 Å². The van der Waals surface area contributed by atoms with Crippen LogP contribution in [0.2, 0.25) is 0 Å². The van der Waals surface area contributed by atoms with E-state index in [9.17, 15) is 4.79 Å². The van der Waals surface area contributed by atoms with E-state index in [-0.39, 0.29) is 5.91 Å². The molecule has 1 aliphatic rings. The summed E-state index contributed by atoms with van der Waals surface area (Å²) >= 11 is 0. The number of methoxy groups -OCH3 is 1. The van der Waals surface area contributed by atoms with E-state index < -0.39 is 0 Å². The minimum absolute atomic E-state index is 0.174. The second-order valence-corrected chi connectivity index (χ2v) is 10.1. The van der Waals surface area contributed by atoms with Crippen molar-refractivity contribution < 1.29 is 9.53 Å². The molecule has 1 aromatic carbocycles. The first-order chi connectivity index (χ1) is 16.9. The number of hydrogen-bond donors (Lipinski definition) is 1. The van der Waals surface area contributed by atoms with E-state index in [1.807, 2.05) is 24.6 Å². The molecule has 0 aliphatic carbocycles. The fourth-order valence-electron chi connectivity index (χ4n) is 5.26. The van der Waals surface area contributed by atoms with Gasteiger partial charge in [-0.25, -0.2) is 0 Å². The van der Waals surface area contributed by atoms with Gasteiger partial charge in [-0.2, -0.15) is 0 Å². The highest BCUT2D eigenvalue weighted by Gasteiger charge is 2.24. The van der Waals surface area contributed by atoms with Crippen LogP contribution in [0.15, 0.2) is 36.8 Å². The molecule has 0 radical (unpaired) electrons. The van der Waals surface area contributed by atoms with Crippen molar-refractivity contribution in [2.24, 2.45) is 0 Å². The number of amides is 1. The molecule has 1 aliphatic heterocycles. The average Bonchev–Trinajstić information content (AvgIpc) is 3.48. The zero-order valence-corrected chi connectivity index (χ0v) is 21.2. The summed E-state index contributed by atoms with van der Waals surface area (Å²) in [6.45, 7) is 6.91. The van der Waals surface area contributed by atoms with Crippen molar-refractivity contribution in [2.75, 3.05) is 40.8 Å². The number of piperidine rings is 1. The lowest BCUT2D eigenvalue weighted by Crippen LogP contribution is -2.40. The van der Waals surface area contributed by atoms with E-state index in [0.29, 0.717) is 29.8 Å². The molecule has 1 saturated heterocycles. The Morgan fingerprint density at radius 1 is 1.23 bits per heavy atom. The van der Waals surface area contributed by atoms with Gasteiger partial charge in [-0.3, -0.25) is 14.1 Å². The van der Waals surface area contributed by atoms with Gasteiger partial charge in [-0.15, -0.1) is 10.2 Å². The third kappa shape index (κ3) is 4.38. The minimum Gasteiger partial charge on any atom is -0.493 e. The SMILES string of the molecule is COc1cc(-c2[nH]c3ccc(C4CCN(CC(=O)N(C)C)CC4)cc3c2C(C)C)cn2cnnc12. The fourth-order valence-corrected chi connectivity index (χ4v) is 5.26. The number of likely N-dealkylation sites (tertiary alicyclic amines) is 1. The van der Waals surface area contributed by atoms with Gasteiger partial charge < -0.3 is 14.6 Å². The minimum atomic E-state index is 0.174. The molecule has 1 fully saturated rings. The van der Waals surface area contributed by atoms with Crippen LogP contribution in [0.4, 0.5) is 0 Å². The lowest BCUT2D eigenvalue weighted by atomic mass is 9.87. The number of aromatic amines is 1. The fraction of sp³-hybridized carbons (Fsp3) is 0.444. The summed E-state index contributed by atoms with van der Waals surface area (Å²) in [5, 5.41) is 9.49. The summed E-state index contributed by atoms with van der Waals surface area (Å²) < 4.78 is 7.51. The largest absolute Gasteiger partial charge is 0.493 e. The number of aromatic nitrogens is 4. The van der Waals surface area contributed by atoms with Gasteiger partial charge in [0.15, 0.2) is 5.75 Å². The first kappa shape index (κ1) is 23.4. The highest BCUT2D eigenvalue weighted by molar-refractivity contribution is 5.92. The number of ether oxygens (including phenoxy) is 1. The molecule has 3 aromatic heterocycles. The number of benzene rings is 1. The van der Waals surface area contributed by atoms with Crippen molar-refractivity contribution in [2.45, 2.75) is 38.5 Å².